The first kappa shape index (κ1) is 9.56. The van der Waals surface area contributed by atoms with Gasteiger partial charge in [-0.15, -0.1) is 0 Å². The topological polar surface area (TPSA) is 0 Å². The van der Waals surface area contributed by atoms with E-state index < -0.39 is 0 Å². The molecule has 0 aliphatic rings. The third-order valence-corrected chi connectivity index (χ3v) is 3.16. The molecule has 0 aromatic heterocycles. The van der Waals surface area contributed by atoms with Crippen LogP contribution in [-0.4, -0.2) is 0 Å². The molecule has 11 heavy (non-hydrogen) atoms. The van der Waals surface area contributed by atoms with Crippen molar-refractivity contribution in [1.29, 1.82) is 0 Å². The van der Waals surface area contributed by atoms with E-state index in [1.807, 2.05) is 18.2 Å². The summed E-state index contributed by atoms with van der Waals surface area (Å²) in [5.74, 6) is 0. The van der Waals surface area contributed by atoms with E-state index in [4.69, 9.17) is 11.6 Å². The molecule has 0 saturated heterocycles. The Labute approximate surface area is 88.2 Å². The Balaban J connectivity index is 3.05. The van der Waals surface area contributed by atoms with Gasteiger partial charge in [0.05, 0.1) is 5.02 Å². The van der Waals surface area contributed by atoms with Crippen molar-refractivity contribution >= 4 is 43.5 Å². The van der Waals surface area contributed by atoms with E-state index in [1.165, 1.54) is 5.56 Å². The summed E-state index contributed by atoms with van der Waals surface area (Å²) in [4.78, 5) is 0.355. The lowest BCUT2D eigenvalue weighted by Crippen LogP contribution is -1.82. The summed E-state index contributed by atoms with van der Waals surface area (Å²) in [6, 6.07) is 5.94. The highest BCUT2D eigenvalue weighted by atomic mass is 79.9. The molecule has 0 aliphatic heterocycles. The number of rotatable bonds is 1. The number of halogens is 3. The minimum Gasteiger partial charge on any atom is -0.0842 e. The highest BCUT2D eigenvalue weighted by molar-refractivity contribution is 9.10. The van der Waals surface area contributed by atoms with Crippen molar-refractivity contribution in [3.8, 4) is 0 Å². The molecular weight excluding hydrogens is 291 g/mol. The molecule has 1 atom stereocenters. The van der Waals surface area contributed by atoms with Gasteiger partial charge in [0, 0.05) is 9.30 Å². The number of hydrogen-bond donors (Lipinski definition) is 0. The maximum absolute atomic E-state index is 5.89. The maximum atomic E-state index is 5.89. The fraction of sp³-hybridized carbons (Fsp3) is 0.250. The van der Waals surface area contributed by atoms with Crippen molar-refractivity contribution in [2.24, 2.45) is 0 Å². The van der Waals surface area contributed by atoms with Crippen LogP contribution in [0.25, 0.3) is 0 Å². The Kier molecular flexibility index (Phi) is 3.41. The average Bonchev–Trinajstić information content (AvgIpc) is 1.94. The SMILES string of the molecule is CC(Br)c1ccc(Br)c(Cl)c1. The normalized spacial score (nSPS) is 13.1. The van der Waals surface area contributed by atoms with Crippen LogP contribution in [0, 0.1) is 0 Å². The first-order chi connectivity index (χ1) is 5.11. The molecule has 0 nitrogen and oxygen atoms in total. The summed E-state index contributed by atoms with van der Waals surface area (Å²) < 4.78 is 0.941. The lowest BCUT2D eigenvalue weighted by molar-refractivity contribution is 1.12. The van der Waals surface area contributed by atoms with E-state index in [2.05, 4.69) is 38.8 Å². The monoisotopic (exact) mass is 296 g/mol. The Morgan fingerprint density at radius 2 is 2.09 bits per heavy atom. The molecule has 0 fully saturated rings. The van der Waals surface area contributed by atoms with Gasteiger partial charge in [0.15, 0.2) is 0 Å². The number of benzene rings is 1. The van der Waals surface area contributed by atoms with Crippen molar-refractivity contribution in [3.05, 3.63) is 33.3 Å². The minimum absolute atomic E-state index is 0.355. The van der Waals surface area contributed by atoms with Crippen molar-refractivity contribution in [1.82, 2.24) is 0 Å². The molecule has 1 unspecified atom stereocenters. The lowest BCUT2D eigenvalue weighted by Gasteiger charge is -2.04. The first-order valence-corrected chi connectivity index (χ1v) is 5.29. The smallest absolute Gasteiger partial charge is 0.0551 e. The molecule has 0 radical (unpaired) electrons. The average molecular weight is 298 g/mol. The van der Waals surface area contributed by atoms with Gasteiger partial charge >= 0.3 is 0 Å². The van der Waals surface area contributed by atoms with Crippen molar-refractivity contribution in [3.63, 3.8) is 0 Å². The van der Waals surface area contributed by atoms with Crippen LogP contribution in [0.4, 0.5) is 0 Å². The third-order valence-electron chi connectivity index (χ3n) is 1.40. The zero-order valence-corrected chi connectivity index (χ0v) is 9.87. The molecule has 0 heterocycles. The van der Waals surface area contributed by atoms with Crippen LogP contribution < -0.4 is 0 Å². The van der Waals surface area contributed by atoms with Gasteiger partial charge in [0.2, 0.25) is 0 Å². The molecular formula is C8H7Br2Cl. The summed E-state index contributed by atoms with van der Waals surface area (Å²) in [6.45, 7) is 2.07. The van der Waals surface area contributed by atoms with Crippen LogP contribution >= 0.6 is 43.5 Å². The summed E-state index contributed by atoms with van der Waals surface area (Å²) in [6.07, 6.45) is 0. The first-order valence-electron chi connectivity index (χ1n) is 3.20. The van der Waals surface area contributed by atoms with E-state index in [-0.39, 0.29) is 0 Å². The summed E-state index contributed by atoms with van der Waals surface area (Å²) >= 11 is 12.7. The Hall–Kier alpha value is 0.470. The number of hydrogen-bond acceptors (Lipinski definition) is 0. The van der Waals surface area contributed by atoms with Crippen molar-refractivity contribution in [2.45, 2.75) is 11.8 Å². The van der Waals surface area contributed by atoms with Gasteiger partial charge < -0.3 is 0 Å². The molecule has 0 amide bonds. The van der Waals surface area contributed by atoms with Crippen LogP contribution in [0.15, 0.2) is 22.7 Å². The molecule has 1 aromatic rings. The summed E-state index contributed by atoms with van der Waals surface area (Å²) in [5, 5.41) is 0.758. The van der Waals surface area contributed by atoms with Gasteiger partial charge in [-0.1, -0.05) is 33.6 Å². The van der Waals surface area contributed by atoms with Crippen LogP contribution in [0.3, 0.4) is 0 Å². The van der Waals surface area contributed by atoms with E-state index in [1.54, 1.807) is 0 Å². The molecule has 1 rings (SSSR count). The van der Waals surface area contributed by atoms with Gasteiger partial charge in [-0.3, -0.25) is 0 Å². The summed E-state index contributed by atoms with van der Waals surface area (Å²) in [5.41, 5.74) is 1.19. The molecule has 0 bridgehead atoms. The zero-order valence-electron chi connectivity index (χ0n) is 5.94. The highest BCUT2D eigenvalue weighted by Gasteiger charge is 2.02. The van der Waals surface area contributed by atoms with Gasteiger partial charge in [-0.2, -0.15) is 0 Å². The van der Waals surface area contributed by atoms with Crippen LogP contribution in [0.2, 0.25) is 5.02 Å². The molecule has 0 spiro atoms. The van der Waals surface area contributed by atoms with E-state index in [0.29, 0.717) is 4.83 Å². The fourth-order valence-corrected chi connectivity index (χ4v) is 1.48. The molecule has 0 aliphatic carbocycles. The predicted molar refractivity (Wildman–Crippen MR) is 56.5 cm³/mol. The van der Waals surface area contributed by atoms with E-state index in [9.17, 15) is 0 Å². The van der Waals surface area contributed by atoms with Crippen LogP contribution in [0.5, 0.6) is 0 Å². The van der Waals surface area contributed by atoms with Gasteiger partial charge in [0.1, 0.15) is 0 Å². The quantitative estimate of drug-likeness (QED) is 0.667. The molecule has 1 aromatic carbocycles. The second-order valence-corrected chi connectivity index (χ2v) is 4.92. The van der Waals surface area contributed by atoms with Crippen molar-refractivity contribution in [2.75, 3.05) is 0 Å². The molecule has 0 N–H and O–H groups in total. The fourth-order valence-electron chi connectivity index (χ4n) is 0.760. The second-order valence-electron chi connectivity index (χ2n) is 2.29. The largest absolute Gasteiger partial charge is 0.0842 e. The zero-order chi connectivity index (χ0) is 8.43. The molecule has 3 heteroatoms. The van der Waals surface area contributed by atoms with Gasteiger partial charge in [-0.25, -0.2) is 0 Å². The Morgan fingerprint density at radius 3 is 2.55 bits per heavy atom. The Morgan fingerprint density at radius 1 is 1.45 bits per heavy atom. The van der Waals surface area contributed by atoms with E-state index in [0.717, 1.165) is 9.50 Å². The minimum atomic E-state index is 0.355. The van der Waals surface area contributed by atoms with Crippen LogP contribution in [-0.2, 0) is 0 Å². The predicted octanol–water partition coefficient (Wildman–Crippen LogP) is 4.56. The summed E-state index contributed by atoms with van der Waals surface area (Å²) in [7, 11) is 0. The second kappa shape index (κ2) is 3.92. The molecule has 60 valence electrons. The standard InChI is InChI=1S/C8H7Br2Cl/c1-5(9)6-2-3-7(10)8(11)4-6/h2-5H,1H3. The number of alkyl halides is 1. The van der Waals surface area contributed by atoms with Crippen molar-refractivity contribution < 1.29 is 0 Å². The maximum Gasteiger partial charge on any atom is 0.0551 e. The lowest BCUT2D eigenvalue weighted by atomic mass is 10.2. The highest BCUT2D eigenvalue weighted by Crippen LogP contribution is 2.28. The Bertz CT molecular complexity index is 258. The molecule has 0 saturated carbocycles. The van der Waals surface area contributed by atoms with Gasteiger partial charge in [0.25, 0.3) is 0 Å². The van der Waals surface area contributed by atoms with Gasteiger partial charge in [-0.05, 0) is 40.5 Å². The van der Waals surface area contributed by atoms with Crippen LogP contribution in [0.1, 0.15) is 17.3 Å². The van der Waals surface area contributed by atoms with E-state index >= 15 is 0 Å². The third kappa shape index (κ3) is 2.46.